The van der Waals surface area contributed by atoms with Gasteiger partial charge in [-0.1, -0.05) is 45.0 Å². The van der Waals surface area contributed by atoms with Gasteiger partial charge in [0.2, 0.25) is 10.0 Å². The molecule has 0 aliphatic carbocycles. The largest absolute Gasteiger partial charge is 0.212 e. The summed E-state index contributed by atoms with van der Waals surface area (Å²) in [5, 5.41) is 0. The molecule has 0 spiro atoms. The van der Waals surface area contributed by atoms with E-state index in [4.69, 9.17) is 11.6 Å². The monoisotopic (exact) mass is 289 g/mol. The van der Waals surface area contributed by atoms with Gasteiger partial charge in [0, 0.05) is 12.4 Å². The SMILES string of the molecule is CC(C)(C)CS(=O)(=O)NCc1cccc(CCl)c1. The Labute approximate surface area is 115 Å². The third kappa shape index (κ3) is 5.85. The Hall–Kier alpha value is -0.580. The van der Waals surface area contributed by atoms with Crippen molar-refractivity contribution in [3.63, 3.8) is 0 Å². The van der Waals surface area contributed by atoms with E-state index in [1.165, 1.54) is 0 Å². The van der Waals surface area contributed by atoms with Crippen LogP contribution in [0, 0.1) is 5.41 Å². The van der Waals surface area contributed by atoms with Crippen LogP contribution in [-0.4, -0.2) is 14.2 Å². The van der Waals surface area contributed by atoms with Crippen LogP contribution >= 0.6 is 11.6 Å². The molecule has 5 heteroatoms. The first-order chi connectivity index (χ1) is 8.22. The molecule has 3 nitrogen and oxygen atoms in total. The molecule has 0 radical (unpaired) electrons. The van der Waals surface area contributed by atoms with E-state index in [1.54, 1.807) is 0 Å². The summed E-state index contributed by atoms with van der Waals surface area (Å²) in [7, 11) is -3.24. The predicted molar refractivity (Wildman–Crippen MR) is 76.1 cm³/mol. The molecule has 0 unspecified atom stereocenters. The number of hydrogen-bond donors (Lipinski definition) is 1. The average Bonchev–Trinajstić information content (AvgIpc) is 2.24. The lowest BCUT2D eigenvalue weighted by Crippen LogP contribution is -2.32. The van der Waals surface area contributed by atoms with Gasteiger partial charge in [0.15, 0.2) is 0 Å². The smallest absolute Gasteiger partial charge is 0.212 e. The standard InChI is InChI=1S/C13H20ClNO2S/c1-13(2,3)10-18(16,17)15-9-12-6-4-5-11(7-12)8-14/h4-7,15H,8-10H2,1-3H3. The summed E-state index contributed by atoms with van der Waals surface area (Å²) in [4.78, 5) is 0. The van der Waals surface area contributed by atoms with E-state index in [9.17, 15) is 8.42 Å². The van der Waals surface area contributed by atoms with Gasteiger partial charge in [0.25, 0.3) is 0 Å². The fourth-order valence-electron chi connectivity index (χ4n) is 1.64. The number of alkyl halides is 1. The second-order valence-corrected chi connectivity index (χ2v) is 7.67. The molecule has 1 N–H and O–H groups in total. The van der Waals surface area contributed by atoms with Gasteiger partial charge >= 0.3 is 0 Å². The van der Waals surface area contributed by atoms with Crippen LogP contribution in [0.15, 0.2) is 24.3 Å². The van der Waals surface area contributed by atoms with Gasteiger partial charge in [0.05, 0.1) is 5.75 Å². The van der Waals surface area contributed by atoms with Crippen molar-refractivity contribution in [1.29, 1.82) is 0 Å². The fourth-order valence-corrected chi connectivity index (χ4v) is 3.43. The molecule has 0 atom stereocenters. The molecule has 0 saturated carbocycles. The van der Waals surface area contributed by atoms with E-state index in [1.807, 2.05) is 45.0 Å². The number of sulfonamides is 1. The topological polar surface area (TPSA) is 46.2 Å². The number of rotatable bonds is 5. The third-order valence-electron chi connectivity index (χ3n) is 2.26. The number of hydrogen-bond acceptors (Lipinski definition) is 2. The van der Waals surface area contributed by atoms with Gasteiger partial charge in [-0.05, 0) is 16.5 Å². The summed E-state index contributed by atoms with van der Waals surface area (Å²) in [5.74, 6) is 0.553. The lowest BCUT2D eigenvalue weighted by atomic mass is 10.0. The van der Waals surface area contributed by atoms with Crippen molar-refractivity contribution in [3.8, 4) is 0 Å². The Morgan fingerprint density at radius 3 is 2.39 bits per heavy atom. The second kappa shape index (κ2) is 6.04. The van der Waals surface area contributed by atoms with Crippen LogP contribution in [0.3, 0.4) is 0 Å². The summed E-state index contributed by atoms with van der Waals surface area (Å²) in [5.41, 5.74) is 1.67. The van der Waals surface area contributed by atoms with Crippen LogP contribution in [0.4, 0.5) is 0 Å². The van der Waals surface area contributed by atoms with Crippen molar-refractivity contribution in [3.05, 3.63) is 35.4 Å². The highest BCUT2D eigenvalue weighted by atomic mass is 35.5. The van der Waals surface area contributed by atoms with E-state index in [2.05, 4.69) is 4.72 Å². The Morgan fingerprint density at radius 1 is 1.22 bits per heavy atom. The molecule has 1 rings (SSSR count). The fraction of sp³-hybridized carbons (Fsp3) is 0.538. The first-order valence-electron chi connectivity index (χ1n) is 5.83. The van der Waals surface area contributed by atoms with Crippen molar-refractivity contribution in [2.45, 2.75) is 33.2 Å². The maximum atomic E-state index is 11.8. The predicted octanol–water partition coefficient (Wildman–Crippen LogP) is 2.89. The Kier molecular flexibility index (Phi) is 5.20. The molecule has 0 amide bonds. The Balaban J connectivity index is 2.64. The van der Waals surface area contributed by atoms with Crippen molar-refractivity contribution >= 4 is 21.6 Å². The van der Waals surface area contributed by atoms with Gasteiger partial charge in [-0.3, -0.25) is 0 Å². The number of halogens is 1. The van der Waals surface area contributed by atoms with Crippen LogP contribution in [-0.2, 0) is 22.4 Å². The molecule has 102 valence electrons. The van der Waals surface area contributed by atoms with E-state index < -0.39 is 10.0 Å². The maximum Gasteiger partial charge on any atom is 0.212 e. The summed E-state index contributed by atoms with van der Waals surface area (Å²) >= 11 is 5.74. The second-order valence-electron chi connectivity index (χ2n) is 5.59. The first-order valence-corrected chi connectivity index (χ1v) is 8.02. The molecule has 0 heterocycles. The molecule has 1 aromatic carbocycles. The van der Waals surface area contributed by atoms with Crippen molar-refractivity contribution in [1.82, 2.24) is 4.72 Å². The van der Waals surface area contributed by atoms with Crippen molar-refractivity contribution in [2.24, 2.45) is 5.41 Å². The van der Waals surface area contributed by atoms with Gasteiger partial charge < -0.3 is 0 Å². The van der Waals surface area contributed by atoms with E-state index in [-0.39, 0.29) is 11.2 Å². The van der Waals surface area contributed by atoms with Gasteiger partial charge in [-0.25, -0.2) is 13.1 Å². The molecule has 0 aliphatic heterocycles. The number of benzene rings is 1. The minimum atomic E-state index is -3.24. The zero-order valence-electron chi connectivity index (χ0n) is 11.0. The molecule has 1 aromatic rings. The summed E-state index contributed by atoms with van der Waals surface area (Å²) in [6, 6.07) is 7.59. The van der Waals surface area contributed by atoms with Crippen LogP contribution in [0.5, 0.6) is 0 Å². The Morgan fingerprint density at radius 2 is 1.83 bits per heavy atom. The highest BCUT2D eigenvalue weighted by molar-refractivity contribution is 7.89. The van der Waals surface area contributed by atoms with Gasteiger partial charge in [0.1, 0.15) is 0 Å². The van der Waals surface area contributed by atoms with E-state index >= 15 is 0 Å². The number of nitrogens with one attached hydrogen (secondary N) is 1. The molecular weight excluding hydrogens is 270 g/mol. The van der Waals surface area contributed by atoms with Crippen molar-refractivity contribution < 1.29 is 8.42 Å². The lowest BCUT2D eigenvalue weighted by molar-refractivity contribution is 0.458. The van der Waals surface area contributed by atoms with Crippen LogP contribution in [0.25, 0.3) is 0 Å². The normalized spacial score (nSPS) is 12.7. The third-order valence-corrected chi connectivity index (χ3v) is 4.40. The van der Waals surface area contributed by atoms with Crippen LogP contribution in [0.1, 0.15) is 31.9 Å². The molecule has 0 aromatic heterocycles. The zero-order chi connectivity index (χ0) is 13.8. The highest BCUT2D eigenvalue weighted by Gasteiger charge is 2.20. The molecule has 0 fully saturated rings. The highest BCUT2D eigenvalue weighted by Crippen LogP contribution is 2.15. The minimum Gasteiger partial charge on any atom is -0.212 e. The summed E-state index contributed by atoms with van der Waals surface area (Å²) in [6.45, 7) is 6.02. The van der Waals surface area contributed by atoms with Crippen LogP contribution in [0.2, 0.25) is 0 Å². The molecular formula is C13H20ClNO2S. The van der Waals surface area contributed by atoms with E-state index in [0.29, 0.717) is 12.4 Å². The first kappa shape index (κ1) is 15.5. The molecule has 0 saturated heterocycles. The maximum absolute atomic E-state index is 11.8. The summed E-state index contributed by atoms with van der Waals surface area (Å²) < 4.78 is 26.3. The average molecular weight is 290 g/mol. The minimum absolute atomic E-state index is 0.120. The molecule has 0 bridgehead atoms. The molecule has 18 heavy (non-hydrogen) atoms. The Bertz CT molecular complexity index is 492. The van der Waals surface area contributed by atoms with Crippen molar-refractivity contribution in [2.75, 3.05) is 5.75 Å². The lowest BCUT2D eigenvalue weighted by Gasteiger charge is -2.18. The molecule has 0 aliphatic rings. The van der Waals surface area contributed by atoms with Gasteiger partial charge in [-0.15, -0.1) is 11.6 Å². The van der Waals surface area contributed by atoms with Gasteiger partial charge in [-0.2, -0.15) is 0 Å². The summed E-state index contributed by atoms with van der Waals surface area (Å²) in [6.07, 6.45) is 0. The van der Waals surface area contributed by atoms with E-state index in [0.717, 1.165) is 11.1 Å². The van der Waals surface area contributed by atoms with Crippen LogP contribution < -0.4 is 4.72 Å². The zero-order valence-corrected chi connectivity index (χ0v) is 12.6. The quantitative estimate of drug-likeness (QED) is 0.847.